The van der Waals surface area contributed by atoms with Gasteiger partial charge in [0.15, 0.2) is 0 Å². The number of halogens is 1. The summed E-state index contributed by atoms with van der Waals surface area (Å²) in [6.45, 7) is 1.16. The van der Waals surface area contributed by atoms with Gasteiger partial charge in [0, 0.05) is 18.1 Å². The molecule has 0 fully saturated rings. The summed E-state index contributed by atoms with van der Waals surface area (Å²) in [6.07, 6.45) is 0. The van der Waals surface area contributed by atoms with E-state index >= 15 is 0 Å². The Bertz CT molecular complexity index is 584. The molecule has 0 amide bonds. The molecular formula is C15H14ClNO2. The fraction of sp³-hybridized carbons (Fsp3) is 0.133. The van der Waals surface area contributed by atoms with Gasteiger partial charge >= 0.3 is 5.97 Å². The molecule has 0 atom stereocenters. The number of aromatic carboxylic acids is 1. The molecule has 0 aromatic heterocycles. The summed E-state index contributed by atoms with van der Waals surface area (Å²) in [5, 5.41) is 13.0. The van der Waals surface area contributed by atoms with E-state index in [1.54, 1.807) is 12.1 Å². The molecule has 0 unspecified atom stereocenters. The monoisotopic (exact) mass is 275 g/mol. The molecule has 4 heteroatoms. The summed E-state index contributed by atoms with van der Waals surface area (Å²) in [4.78, 5) is 11.1. The van der Waals surface area contributed by atoms with Gasteiger partial charge in [-0.05, 0) is 29.3 Å². The average Bonchev–Trinajstić information content (AvgIpc) is 2.39. The van der Waals surface area contributed by atoms with Gasteiger partial charge in [-0.25, -0.2) is 4.79 Å². The van der Waals surface area contributed by atoms with Crippen molar-refractivity contribution < 1.29 is 9.90 Å². The largest absolute Gasteiger partial charge is 0.478 e. The smallest absolute Gasteiger partial charge is 0.336 e. The Hall–Kier alpha value is -1.84. The molecule has 0 aliphatic rings. The van der Waals surface area contributed by atoms with Gasteiger partial charge in [0.1, 0.15) is 0 Å². The predicted octanol–water partition coefficient (Wildman–Crippen LogP) is 3.33. The van der Waals surface area contributed by atoms with Crippen molar-refractivity contribution in [1.82, 2.24) is 5.32 Å². The first-order valence-corrected chi connectivity index (χ1v) is 6.31. The highest BCUT2D eigenvalue weighted by Gasteiger charge is 2.07. The van der Waals surface area contributed by atoms with Gasteiger partial charge in [0.2, 0.25) is 0 Å². The predicted molar refractivity (Wildman–Crippen MR) is 75.4 cm³/mol. The Morgan fingerprint density at radius 2 is 1.89 bits per heavy atom. The first-order chi connectivity index (χ1) is 9.16. The van der Waals surface area contributed by atoms with Crippen molar-refractivity contribution in [2.45, 2.75) is 13.1 Å². The minimum Gasteiger partial charge on any atom is -0.478 e. The maximum Gasteiger partial charge on any atom is 0.336 e. The average molecular weight is 276 g/mol. The molecule has 98 valence electrons. The van der Waals surface area contributed by atoms with E-state index in [1.807, 2.05) is 36.4 Å². The first-order valence-electron chi connectivity index (χ1n) is 5.93. The van der Waals surface area contributed by atoms with E-state index in [1.165, 1.54) is 0 Å². The lowest BCUT2D eigenvalue weighted by Gasteiger charge is -2.08. The maximum atomic E-state index is 11.1. The van der Waals surface area contributed by atoms with Gasteiger partial charge in [-0.3, -0.25) is 0 Å². The summed E-state index contributed by atoms with van der Waals surface area (Å²) in [5.74, 6) is -0.903. The standard InChI is InChI=1S/C15H14ClNO2/c16-13-6-3-4-11(8-13)9-17-10-12-5-1-2-7-14(12)15(18)19/h1-8,17H,9-10H2,(H,18,19). The molecule has 0 spiro atoms. The highest BCUT2D eigenvalue weighted by atomic mass is 35.5. The molecule has 0 aliphatic heterocycles. The molecule has 2 N–H and O–H groups in total. The van der Waals surface area contributed by atoms with Crippen molar-refractivity contribution >= 4 is 17.6 Å². The normalized spacial score (nSPS) is 10.4. The fourth-order valence-electron chi connectivity index (χ4n) is 1.87. The Morgan fingerprint density at radius 3 is 2.63 bits per heavy atom. The molecule has 2 aromatic carbocycles. The maximum absolute atomic E-state index is 11.1. The molecule has 0 bridgehead atoms. The van der Waals surface area contributed by atoms with Crippen LogP contribution in [0.4, 0.5) is 0 Å². The molecule has 2 aromatic rings. The minimum absolute atomic E-state index is 0.334. The van der Waals surface area contributed by atoms with E-state index in [2.05, 4.69) is 5.32 Å². The van der Waals surface area contributed by atoms with Crippen molar-refractivity contribution in [2.24, 2.45) is 0 Å². The van der Waals surface area contributed by atoms with Crippen LogP contribution in [0, 0.1) is 0 Å². The van der Waals surface area contributed by atoms with Crippen LogP contribution in [0.2, 0.25) is 5.02 Å². The van der Waals surface area contributed by atoms with Crippen LogP contribution in [0.1, 0.15) is 21.5 Å². The second-order valence-corrected chi connectivity index (χ2v) is 4.63. The topological polar surface area (TPSA) is 49.3 Å². The molecule has 0 saturated heterocycles. The lowest BCUT2D eigenvalue weighted by Crippen LogP contribution is -2.15. The zero-order valence-electron chi connectivity index (χ0n) is 10.3. The van der Waals surface area contributed by atoms with Gasteiger partial charge in [-0.2, -0.15) is 0 Å². The van der Waals surface area contributed by atoms with Gasteiger partial charge < -0.3 is 10.4 Å². The molecule has 0 radical (unpaired) electrons. The molecule has 2 rings (SSSR count). The van der Waals surface area contributed by atoms with Crippen LogP contribution in [0.15, 0.2) is 48.5 Å². The van der Waals surface area contributed by atoms with Gasteiger partial charge in [0.25, 0.3) is 0 Å². The van der Waals surface area contributed by atoms with Crippen LogP contribution in [0.25, 0.3) is 0 Å². The molecule has 19 heavy (non-hydrogen) atoms. The number of hydrogen-bond donors (Lipinski definition) is 2. The lowest BCUT2D eigenvalue weighted by atomic mass is 10.1. The van der Waals surface area contributed by atoms with Crippen molar-refractivity contribution in [3.8, 4) is 0 Å². The molecule has 3 nitrogen and oxygen atoms in total. The third kappa shape index (κ3) is 3.81. The number of carboxylic acids is 1. The number of carbonyl (C=O) groups is 1. The van der Waals surface area contributed by atoms with Crippen LogP contribution < -0.4 is 5.32 Å². The summed E-state index contributed by atoms with van der Waals surface area (Å²) < 4.78 is 0. The van der Waals surface area contributed by atoms with E-state index in [9.17, 15) is 4.79 Å². The Morgan fingerprint density at radius 1 is 1.11 bits per heavy atom. The zero-order valence-corrected chi connectivity index (χ0v) is 11.0. The van der Waals surface area contributed by atoms with Gasteiger partial charge in [-0.15, -0.1) is 0 Å². The number of nitrogens with one attached hydrogen (secondary N) is 1. The quantitative estimate of drug-likeness (QED) is 0.880. The summed E-state index contributed by atoms with van der Waals surface area (Å²) in [5.41, 5.74) is 2.18. The van der Waals surface area contributed by atoms with Crippen molar-refractivity contribution in [1.29, 1.82) is 0 Å². The van der Waals surface area contributed by atoms with E-state index in [-0.39, 0.29) is 0 Å². The van der Waals surface area contributed by atoms with E-state index in [0.717, 1.165) is 11.1 Å². The van der Waals surface area contributed by atoms with Gasteiger partial charge in [0.05, 0.1) is 5.56 Å². The van der Waals surface area contributed by atoms with Crippen LogP contribution in [-0.4, -0.2) is 11.1 Å². The lowest BCUT2D eigenvalue weighted by molar-refractivity contribution is 0.0695. The van der Waals surface area contributed by atoms with Crippen LogP contribution >= 0.6 is 11.6 Å². The summed E-state index contributed by atoms with van der Waals surface area (Å²) in [6, 6.07) is 14.6. The first kappa shape index (κ1) is 13.6. The third-order valence-electron chi connectivity index (χ3n) is 2.78. The second kappa shape index (κ2) is 6.36. The van der Waals surface area contributed by atoms with Crippen molar-refractivity contribution in [2.75, 3.05) is 0 Å². The van der Waals surface area contributed by atoms with Crippen LogP contribution in [0.3, 0.4) is 0 Å². The fourth-order valence-corrected chi connectivity index (χ4v) is 2.08. The highest BCUT2D eigenvalue weighted by Crippen LogP contribution is 2.11. The molecular weight excluding hydrogens is 262 g/mol. The number of carboxylic acid groups (broad SMARTS) is 1. The molecule has 0 aliphatic carbocycles. The molecule has 0 saturated carbocycles. The summed E-state index contributed by atoms with van der Waals surface area (Å²) in [7, 11) is 0. The SMILES string of the molecule is O=C(O)c1ccccc1CNCc1cccc(Cl)c1. The number of rotatable bonds is 5. The number of benzene rings is 2. The number of hydrogen-bond acceptors (Lipinski definition) is 2. The van der Waals surface area contributed by atoms with Crippen LogP contribution in [0.5, 0.6) is 0 Å². The van der Waals surface area contributed by atoms with Crippen molar-refractivity contribution in [3.05, 3.63) is 70.2 Å². The third-order valence-corrected chi connectivity index (χ3v) is 3.02. The highest BCUT2D eigenvalue weighted by molar-refractivity contribution is 6.30. The van der Waals surface area contributed by atoms with Crippen LogP contribution in [-0.2, 0) is 13.1 Å². The Balaban J connectivity index is 1.98. The Labute approximate surface area is 116 Å². The summed E-state index contributed by atoms with van der Waals surface area (Å²) >= 11 is 5.90. The van der Waals surface area contributed by atoms with Gasteiger partial charge in [-0.1, -0.05) is 41.9 Å². The molecule has 0 heterocycles. The zero-order chi connectivity index (χ0) is 13.7. The van der Waals surface area contributed by atoms with E-state index in [4.69, 9.17) is 16.7 Å². The Kier molecular flexibility index (Phi) is 4.55. The van der Waals surface area contributed by atoms with E-state index in [0.29, 0.717) is 23.7 Å². The van der Waals surface area contributed by atoms with Crippen molar-refractivity contribution in [3.63, 3.8) is 0 Å². The van der Waals surface area contributed by atoms with E-state index < -0.39 is 5.97 Å². The minimum atomic E-state index is -0.903. The second-order valence-electron chi connectivity index (χ2n) is 4.20.